The predicted molar refractivity (Wildman–Crippen MR) is 95.0 cm³/mol. The Morgan fingerprint density at radius 3 is 2.50 bits per heavy atom. The van der Waals surface area contributed by atoms with Gasteiger partial charge in [-0.1, -0.05) is 35.6 Å². The summed E-state index contributed by atoms with van der Waals surface area (Å²) < 4.78 is 3.61. The Hall–Kier alpha value is -2.13. The van der Waals surface area contributed by atoms with Gasteiger partial charge in [0.05, 0.1) is 15.9 Å². The van der Waals surface area contributed by atoms with Crippen LogP contribution in [0.3, 0.4) is 0 Å². The van der Waals surface area contributed by atoms with E-state index in [0.717, 1.165) is 10.7 Å². The first-order valence-corrected chi connectivity index (χ1v) is 8.32. The highest BCUT2D eigenvalue weighted by molar-refractivity contribution is 7.23. The van der Waals surface area contributed by atoms with Gasteiger partial charge in [-0.25, -0.2) is 4.98 Å². The monoisotopic (exact) mass is 306 g/mol. The molecule has 0 saturated heterocycles. The largest absolute Gasteiger partial charge is 0.287 e. The van der Waals surface area contributed by atoms with Gasteiger partial charge in [0.2, 0.25) is 0 Å². The molecule has 0 atom stereocenters. The van der Waals surface area contributed by atoms with E-state index in [1.54, 1.807) is 11.3 Å². The van der Waals surface area contributed by atoms with Gasteiger partial charge in [-0.3, -0.25) is 4.40 Å². The van der Waals surface area contributed by atoms with Crippen molar-refractivity contribution in [1.82, 2.24) is 9.38 Å². The zero-order valence-electron chi connectivity index (χ0n) is 13.3. The van der Waals surface area contributed by atoms with Gasteiger partial charge < -0.3 is 0 Å². The number of thiazole rings is 1. The molecule has 0 amide bonds. The van der Waals surface area contributed by atoms with Crippen molar-refractivity contribution in [2.45, 2.75) is 27.7 Å². The number of aromatic nitrogens is 2. The normalized spacial score (nSPS) is 11.6. The number of fused-ring (bicyclic) bond motifs is 3. The predicted octanol–water partition coefficient (Wildman–Crippen LogP) is 5.45. The van der Waals surface area contributed by atoms with Crippen LogP contribution < -0.4 is 0 Å². The lowest BCUT2D eigenvalue weighted by atomic mass is 10.0. The molecule has 22 heavy (non-hydrogen) atoms. The number of hydrogen-bond donors (Lipinski definition) is 0. The molecule has 0 N–H and O–H groups in total. The number of para-hydroxylation sites is 1. The fraction of sp³-hybridized carbons (Fsp3) is 0.211. The van der Waals surface area contributed by atoms with Gasteiger partial charge in [-0.15, -0.1) is 0 Å². The van der Waals surface area contributed by atoms with E-state index in [1.165, 1.54) is 38.2 Å². The summed E-state index contributed by atoms with van der Waals surface area (Å²) in [6.45, 7) is 8.65. The van der Waals surface area contributed by atoms with Crippen LogP contribution in [0.5, 0.6) is 0 Å². The summed E-state index contributed by atoms with van der Waals surface area (Å²) in [6, 6.07) is 13.1. The zero-order valence-corrected chi connectivity index (χ0v) is 14.1. The van der Waals surface area contributed by atoms with E-state index in [0.29, 0.717) is 0 Å². The lowest BCUT2D eigenvalue weighted by molar-refractivity contribution is 1.17. The van der Waals surface area contributed by atoms with E-state index in [2.05, 4.69) is 68.5 Å². The summed E-state index contributed by atoms with van der Waals surface area (Å²) in [6.07, 6.45) is 0. The third-order valence-corrected chi connectivity index (χ3v) is 5.49. The third-order valence-electron chi connectivity index (χ3n) is 4.48. The Balaban J connectivity index is 2.04. The van der Waals surface area contributed by atoms with Gasteiger partial charge in [0.25, 0.3) is 0 Å². The summed E-state index contributed by atoms with van der Waals surface area (Å²) >= 11 is 1.76. The number of aryl methyl sites for hydroxylation is 4. The molecule has 0 spiro atoms. The van der Waals surface area contributed by atoms with Crippen molar-refractivity contribution < 1.29 is 0 Å². The van der Waals surface area contributed by atoms with Gasteiger partial charge in [-0.2, -0.15) is 0 Å². The molecule has 0 bridgehead atoms. The number of rotatable bonds is 1. The fourth-order valence-corrected chi connectivity index (χ4v) is 4.22. The molecule has 110 valence electrons. The molecule has 2 heterocycles. The minimum absolute atomic E-state index is 1.08. The van der Waals surface area contributed by atoms with Crippen molar-refractivity contribution in [3.63, 3.8) is 0 Å². The zero-order chi connectivity index (χ0) is 15.4. The van der Waals surface area contributed by atoms with Gasteiger partial charge in [0.15, 0.2) is 4.96 Å². The van der Waals surface area contributed by atoms with Crippen molar-refractivity contribution >= 4 is 26.5 Å². The fourth-order valence-electron chi connectivity index (χ4n) is 3.07. The minimum Gasteiger partial charge on any atom is -0.287 e. The molecule has 0 aliphatic rings. The number of benzene rings is 2. The van der Waals surface area contributed by atoms with Crippen molar-refractivity contribution in [2.75, 3.05) is 0 Å². The van der Waals surface area contributed by atoms with E-state index in [1.807, 2.05) is 0 Å². The second kappa shape index (κ2) is 4.68. The highest BCUT2D eigenvalue weighted by Gasteiger charge is 2.16. The van der Waals surface area contributed by atoms with Gasteiger partial charge in [0.1, 0.15) is 0 Å². The average Bonchev–Trinajstić information content (AvgIpc) is 3.00. The molecular weight excluding hydrogens is 288 g/mol. The molecule has 2 nitrogen and oxygen atoms in total. The molecular formula is C19H18N2S. The van der Waals surface area contributed by atoms with Crippen molar-refractivity contribution in [3.8, 4) is 11.3 Å². The van der Waals surface area contributed by atoms with Crippen LogP contribution >= 0.6 is 11.3 Å². The van der Waals surface area contributed by atoms with Crippen LogP contribution in [0.15, 0.2) is 36.4 Å². The maximum Gasteiger partial charge on any atom is 0.195 e. The van der Waals surface area contributed by atoms with Crippen LogP contribution in [-0.4, -0.2) is 9.38 Å². The third kappa shape index (κ3) is 1.82. The molecule has 0 aliphatic carbocycles. The van der Waals surface area contributed by atoms with Crippen LogP contribution in [0.2, 0.25) is 0 Å². The van der Waals surface area contributed by atoms with E-state index < -0.39 is 0 Å². The molecule has 3 heteroatoms. The minimum atomic E-state index is 1.08. The Bertz CT molecular complexity index is 1020. The standard InChI is InChI=1S/C19H18N2S/c1-11-8-9-15(10-13(11)3)17-14(4)21-18-12(2)6-5-7-16(18)22-19(21)20-17/h5-10H,1-4H3. The summed E-state index contributed by atoms with van der Waals surface area (Å²) in [5.41, 5.74) is 8.76. The SMILES string of the molecule is Cc1ccc(-c2nc3sc4cccc(C)c4n3c2C)cc1C. The molecule has 0 fully saturated rings. The molecule has 4 aromatic rings. The van der Waals surface area contributed by atoms with Crippen molar-refractivity contribution in [2.24, 2.45) is 0 Å². The summed E-state index contributed by atoms with van der Waals surface area (Å²) in [5.74, 6) is 0. The highest BCUT2D eigenvalue weighted by Crippen LogP contribution is 2.34. The van der Waals surface area contributed by atoms with Gasteiger partial charge >= 0.3 is 0 Å². The topological polar surface area (TPSA) is 17.3 Å². The number of imidazole rings is 1. The van der Waals surface area contributed by atoms with Crippen LogP contribution in [0.1, 0.15) is 22.4 Å². The van der Waals surface area contributed by atoms with Crippen molar-refractivity contribution in [3.05, 3.63) is 58.8 Å². The number of nitrogens with zero attached hydrogens (tertiary/aromatic N) is 2. The first-order chi connectivity index (χ1) is 10.6. The molecule has 0 unspecified atom stereocenters. The molecule has 0 aliphatic heterocycles. The van der Waals surface area contributed by atoms with Crippen LogP contribution in [-0.2, 0) is 0 Å². The molecule has 4 rings (SSSR count). The average molecular weight is 306 g/mol. The molecule has 2 aromatic carbocycles. The second-order valence-corrected chi connectivity index (χ2v) is 7.00. The summed E-state index contributed by atoms with van der Waals surface area (Å²) in [4.78, 5) is 5.99. The number of hydrogen-bond acceptors (Lipinski definition) is 2. The maximum absolute atomic E-state index is 4.91. The molecule has 0 radical (unpaired) electrons. The van der Waals surface area contributed by atoms with Crippen LogP contribution in [0, 0.1) is 27.7 Å². The van der Waals surface area contributed by atoms with E-state index in [4.69, 9.17) is 4.98 Å². The second-order valence-electron chi connectivity index (χ2n) is 5.99. The Kier molecular flexibility index (Phi) is 2.88. The van der Waals surface area contributed by atoms with Gasteiger partial charge in [0, 0.05) is 11.3 Å². The molecule has 2 aromatic heterocycles. The Labute approximate surface area is 134 Å². The van der Waals surface area contributed by atoms with E-state index >= 15 is 0 Å². The van der Waals surface area contributed by atoms with Crippen molar-refractivity contribution in [1.29, 1.82) is 0 Å². The highest BCUT2D eigenvalue weighted by atomic mass is 32.1. The lowest BCUT2D eigenvalue weighted by Gasteiger charge is -2.05. The summed E-state index contributed by atoms with van der Waals surface area (Å²) in [7, 11) is 0. The Morgan fingerprint density at radius 1 is 0.909 bits per heavy atom. The smallest absolute Gasteiger partial charge is 0.195 e. The van der Waals surface area contributed by atoms with Gasteiger partial charge in [-0.05, 0) is 56.5 Å². The van der Waals surface area contributed by atoms with E-state index in [9.17, 15) is 0 Å². The first kappa shape index (κ1) is 13.5. The lowest BCUT2D eigenvalue weighted by Crippen LogP contribution is -1.89. The van der Waals surface area contributed by atoms with E-state index in [-0.39, 0.29) is 0 Å². The Morgan fingerprint density at radius 2 is 1.73 bits per heavy atom. The maximum atomic E-state index is 4.91. The van der Waals surface area contributed by atoms with Crippen LogP contribution in [0.25, 0.3) is 26.4 Å². The quantitative estimate of drug-likeness (QED) is 0.457. The summed E-state index contributed by atoms with van der Waals surface area (Å²) in [5, 5.41) is 0. The van der Waals surface area contributed by atoms with Crippen LogP contribution in [0.4, 0.5) is 0 Å². The molecule has 0 saturated carbocycles. The first-order valence-electron chi connectivity index (χ1n) is 7.51.